The summed E-state index contributed by atoms with van der Waals surface area (Å²) in [4.78, 5) is 7.73. The van der Waals surface area contributed by atoms with Crippen LogP contribution in [-0.2, 0) is 12.6 Å². The number of phenolic OH excluding ortho intramolecular Hbond substituents is 1. The summed E-state index contributed by atoms with van der Waals surface area (Å²) >= 11 is 0. The zero-order chi connectivity index (χ0) is 17.2. The summed E-state index contributed by atoms with van der Waals surface area (Å²) in [5, 5.41) is 15.0. The minimum atomic E-state index is -4.48. The van der Waals surface area contributed by atoms with E-state index in [0.717, 1.165) is 24.6 Å². The molecule has 128 valence electrons. The summed E-state index contributed by atoms with van der Waals surface area (Å²) in [6.07, 6.45) is -1.34. The van der Waals surface area contributed by atoms with E-state index in [1.165, 1.54) is 0 Å². The second-order valence-electron chi connectivity index (χ2n) is 5.72. The number of nitrogens with zero attached hydrogens (tertiary/aromatic N) is 2. The Hall–Kier alpha value is -2.51. The van der Waals surface area contributed by atoms with Gasteiger partial charge in [0.15, 0.2) is 0 Å². The van der Waals surface area contributed by atoms with Crippen LogP contribution in [-0.4, -0.2) is 27.7 Å². The third-order valence-electron chi connectivity index (χ3n) is 3.65. The zero-order valence-corrected chi connectivity index (χ0v) is 12.8. The fourth-order valence-electron chi connectivity index (χ4n) is 2.19. The minimum Gasteiger partial charge on any atom is -0.508 e. The smallest absolute Gasteiger partial charge is 0.421 e. The second kappa shape index (κ2) is 6.54. The Kier molecular flexibility index (Phi) is 4.46. The van der Waals surface area contributed by atoms with Gasteiger partial charge in [-0.15, -0.1) is 0 Å². The summed E-state index contributed by atoms with van der Waals surface area (Å²) < 4.78 is 39.0. The number of phenols is 1. The number of aromatic hydroxyl groups is 1. The highest BCUT2D eigenvalue weighted by Gasteiger charge is 2.36. The standard InChI is InChI=1S/C16H17F3N4O/c17-16(18,19)13-9-21-15(23-14(13)22-11-3-4-11)20-8-7-10-1-5-12(24)6-2-10/h1-2,5-6,9,11,24H,3-4,7-8H2,(H2,20,21,22,23). The van der Waals surface area contributed by atoms with Gasteiger partial charge in [-0.1, -0.05) is 12.1 Å². The van der Waals surface area contributed by atoms with Crippen molar-refractivity contribution in [3.8, 4) is 5.75 Å². The van der Waals surface area contributed by atoms with Crippen molar-refractivity contribution in [2.24, 2.45) is 0 Å². The van der Waals surface area contributed by atoms with E-state index in [1.807, 2.05) is 0 Å². The second-order valence-corrected chi connectivity index (χ2v) is 5.72. The number of hydrogen-bond donors (Lipinski definition) is 3. The van der Waals surface area contributed by atoms with Gasteiger partial charge in [0.2, 0.25) is 5.95 Å². The molecule has 2 aromatic rings. The topological polar surface area (TPSA) is 70.1 Å². The summed E-state index contributed by atoms with van der Waals surface area (Å²) in [5.41, 5.74) is 0.141. The number of halogens is 3. The lowest BCUT2D eigenvalue weighted by Crippen LogP contribution is -2.16. The molecule has 0 radical (unpaired) electrons. The van der Waals surface area contributed by atoms with Crippen molar-refractivity contribution in [3.63, 3.8) is 0 Å². The molecule has 8 heteroatoms. The average molecular weight is 338 g/mol. The highest BCUT2D eigenvalue weighted by Crippen LogP contribution is 2.36. The normalized spacial score (nSPS) is 14.5. The Morgan fingerprint density at radius 2 is 1.88 bits per heavy atom. The van der Waals surface area contributed by atoms with Gasteiger partial charge in [-0.25, -0.2) is 4.98 Å². The van der Waals surface area contributed by atoms with Crippen LogP contribution in [0.4, 0.5) is 24.9 Å². The third-order valence-corrected chi connectivity index (χ3v) is 3.65. The van der Waals surface area contributed by atoms with Crippen LogP contribution in [0.1, 0.15) is 24.0 Å². The number of aromatic nitrogens is 2. The van der Waals surface area contributed by atoms with Gasteiger partial charge < -0.3 is 15.7 Å². The number of benzene rings is 1. The SMILES string of the molecule is Oc1ccc(CCNc2ncc(C(F)(F)F)c(NC3CC3)n2)cc1. The summed E-state index contributed by atoms with van der Waals surface area (Å²) in [5.74, 6) is 0.172. The molecule has 0 atom stereocenters. The molecule has 1 aliphatic rings. The molecule has 5 nitrogen and oxygen atoms in total. The molecule has 1 saturated carbocycles. The van der Waals surface area contributed by atoms with Crippen LogP contribution in [0.3, 0.4) is 0 Å². The fourth-order valence-corrected chi connectivity index (χ4v) is 2.19. The highest BCUT2D eigenvalue weighted by atomic mass is 19.4. The van der Waals surface area contributed by atoms with Crippen molar-refractivity contribution < 1.29 is 18.3 Å². The summed E-state index contributed by atoms with van der Waals surface area (Å²) in [7, 11) is 0. The number of rotatable bonds is 6. The Morgan fingerprint density at radius 3 is 2.50 bits per heavy atom. The number of nitrogens with one attached hydrogen (secondary N) is 2. The molecule has 24 heavy (non-hydrogen) atoms. The van der Waals surface area contributed by atoms with Crippen molar-refractivity contribution in [3.05, 3.63) is 41.6 Å². The number of anilines is 2. The molecule has 3 rings (SSSR count). The Labute approximate surface area is 137 Å². The lowest BCUT2D eigenvalue weighted by molar-refractivity contribution is -0.137. The van der Waals surface area contributed by atoms with Crippen LogP contribution in [0, 0.1) is 0 Å². The van der Waals surface area contributed by atoms with E-state index in [1.54, 1.807) is 24.3 Å². The first-order valence-corrected chi connectivity index (χ1v) is 7.64. The molecule has 0 bridgehead atoms. The average Bonchev–Trinajstić information content (AvgIpc) is 3.32. The molecule has 0 unspecified atom stereocenters. The van der Waals surface area contributed by atoms with Crippen molar-refractivity contribution in [2.75, 3.05) is 17.2 Å². The largest absolute Gasteiger partial charge is 0.508 e. The van der Waals surface area contributed by atoms with Crippen LogP contribution in [0.15, 0.2) is 30.5 Å². The van der Waals surface area contributed by atoms with E-state index < -0.39 is 11.7 Å². The maximum absolute atomic E-state index is 13.0. The van der Waals surface area contributed by atoms with Crippen molar-refractivity contribution in [1.29, 1.82) is 0 Å². The molecule has 1 heterocycles. The first-order valence-electron chi connectivity index (χ1n) is 7.64. The molecule has 1 aromatic carbocycles. The quantitative estimate of drug-likeness (QED) is 0.753. The lowest BCUT2D eigenvalue weighted by Gasteiger charge is -2.14. The first-order chi connectivity index (χ1) is 11.4. The van der Waals surface area contributed by atoms with Gasteiger partial charge in [-0.3, -0.25) is 0 Å². The van der Waals surface area contributed by atoms with Crippen molar-refractivity contribution in [2.45, 2.75) is 31.5 Å². The molecule has 1 fully saturated rings. The summed E-state index contributed by atoms with van der Waals surface area (Å²) in [6, 6.07) is 6.80. The van der Waals surface area contributed by atoms with Crippen LogP contribution in [0.2, 0.25) is 0 Å². The van der Waals surface area contributed by atoms with Gasteiger partial charge in [0.05, 0.1) is 0 Å². The molecule has 0 amide bonds. The zero-order valence-electron chi connectivity index (χ0n) is 12.8. The van der Waals surface area contributed by atoms with E-state index in [4.69, 9.17) is 0 Å². The first kappa shape index (κ1) is 16.4. The van der Waals surface area contributed by atoms with Crippen LogP contribution in [0.5, 0.6) is 5.75 Å². The van der Waals surface area contributed by atoms with Crippen LogP contribution >= 0.6 is 0 Å². The number of hydrogen-bond acceptors (Lipinski definition) is 5. The maximum atomic E-state index is 13.0. The van der Waals surface area contributed by atoms with E-state index in [0.29, 0.717) is 13.0 Å². The van der Waals surface area contributed by atoms with Crippen molar-refractivity contribution >= 4 is 11.8 Å². The minimum absolute atomic E-state index is 0.0610. The van der Waals surface area contributed by atoms with E-state index in [9.17, 15) is 18.3 Å². The Morgan fingerprint density at radius 1 is 1.17 bits per heavy atom. The monoisotopic (exact) mass is 338 g/mol. The van der Waals surface area contributed by atoms with Gasteiger partial charge in [0.1, 0.15) is 17.1 Å². The molecule has 0 saturated heterocycles. The highest BCUT2D eigenvalue weighted by molar-refractivity contribution is 5.50. The fraction of sp³-hybridized carbons (Fsp3) is 0.375. The molecule has 1 aromatic heterocycles. The van der Waals surface area contributed by atoms with Crippen LogP contribution in [0.25, 0.3) is 0 Å². The predicted octanol–water partition coefficient (Wildman–Crippen LogP) is 3.43. The summed E-state index contributed by atoms with van der Waals surface area (Å²) in [6.45, 7) is 0.471. The van der Waals surface area contributed by atoms with Crippen LogP contribution < -0.4 is 10.6 Å². The lowest BCUT2D eigenvalue weighted by atomic mass is 10.1. The van der Waals surface area contributed by atoms with Gasteiger partial charge in [-0.05, 0) is 37.0 Å². The van der Waals surface area contributed by atoms with Gasteiger partial charge >= 0.3 is 6.18 Å². The molecular formula is C16H17F3N4O. The van der Waals surface area contributed by atoms with E-state index in [2.05, 4.69) is 20.6 Å². The van der Waals surface area contributed by atoms with E-state index >= 15 is 0 Å². The molecule has 1 aliphatic carbocycles. The molecule has 3 N–H and O–H groups in total. The Bertz CT molecular complexity index is 699. The Balaban J connectivity index is 1.65. The third kappa shape index (κ3) is 4.27. The van der Waals surface area contributed by atoms with E-state index in [-0.39, 0.29) is 23.6 Å². The molecule has 0 spiro atoms. The predicted molar refractivity (Wildman–Crippen MR) is 84.0 cm³/mol. The number of alkyl halides is 3. The maximum Gasteiger partial charge on any atom is 0.421 e. The van der Waals surface area contributed by atoms with Gasteiger partial charge in [-0.2, -0.15) is 18.2 Å². The van der Waals surface area contributed by atoms with Gasteiger partial charge in [0, 0.05) is 18.8 Å². The molecule has 0 aliphatic heterocycles. The molecular weight excluding hydrogens is 321 g/mol. The van der Waals surface area contributed by atoms with Crippen molar-refractivity contribution in [1.82, 2.24) is 9.97 Å². The van der Waals surface area contributed by atoms with Gasteiger partial charge in [0.25, 0.3) is 0 Å².